The van der Waals surface area contributed by atoms with Crippen LogP contribution in [0.2, 0.25) is 0 Å². The molecule has 0 aliphatic carbocycles. The van der Waals surface area contributed by atoms with Gasteiger partial charge in [0.25, 0.3) is 0 Å². The van der Waals surface area contributed by atoms with E-state index in [2.05, 4.69) is 41.1 Å². The summed E-state index contributed by atoms with van der Waals surface area (Å²) in [5.41, 5.74) is 8.16. The molecule has 1 rings (SSSR count). The highest BCUT2D eigenvalue weighted by atomic mass is 79.9. The molecule has 0 saturated heterocycles. The molecule has 0 aliphatic heterocycles. The number of hydrogen-bond donors (Lipinski definition) is 1. The average Bonchev–Trinajstić information content (AvgIpc) is 2.18. The van der Waals surface area contributed by atoms with Crippen molar-refractivity contribution in [3.05, 3.63) is 33.8 Å². The van der Waals surface area contributed by atoms with Crippen LogP contribution in [0.15, 0.2) is 22.7 Å². The third-order valence-corrected chi connectivity index (χ3v) is 3.03. The molecular weight excluding hydrogens is 254 g/mol. The zero-order chi connectivity index (χ0) is 11.3. The van der Waals surface area contributed by atoms with Crippen molar-refractivity contribution in [2.24, 2.45) is 5.73 Å². The third-order valence-electron chi connectivity index (χ3n) is 2.54. The van der Waals surface area contributed by atoms with Crippen molar-refractivity contribution in [1.29, 1.82) is 0 Å². The van der Waals surface area contributed by atoms with Crippen LogP contribution in [0.5, 0.6) is 0 Å². The van der Waals surface area contributed by atoms with Crippen LogP contribution in [-0.4, -0.2) is 13.7 Å². The molecule has 0 aliphatic rings. The van der Waals surface area contributed by atoms with Gasteiger partial charge in [0, 0.05) is 11.6 Å². The van der Waals surface area contributed by atoms with E-state index in [1.807, 2.05) is 0 Å². The van der Waals surface area contributed by atoms with E-state index in [-0.39, 0.29) is 0 Å². The van der Waals surface area contributed by atoms with Gasteiger partial charge in [-0.05, 0) is 42.1 Å². The summed E-state index contributed by atoms with van der Waals surface area (Å²) < 4.78 is 6.30. The molecule has 0 amide bonds. The summed E-state index contributed by atoms with van der Waals surface area (Å²) in [6.07, 6.45) is 1.01. The van der Waals surface area contributed by atoms with Gasteiger partial charge >= 0.3 is 0 Å². The van der Waals surface area contributed by atoms with Crippen LogP contribution in [0.25, 0.3) is 0 Å². The maximum atomic E-state index is 5.58. The Kier molecular flexibility index (Phi) is 5.29. The molecular formula is C12H18BrNO. The van der Waals surface area contributed by atoms with Crippen LogP contribution >= 0.6 is 15.9 Å². The second-order valence-corrected chi connectivity index (χ2v) is 4.67. The summed E-state index contributed by atoms with van der Waals surface area (Å²) in [6, 6.07) is 6.34. The smallest absolute Gasteiger partial charge is 0.0716 e. The van der Waals surface area contributed by atoms with Crippen LogP contribution in [0.3, 0.4) is 0 Å². The van der Waals surface area contributed by atoms with Gasteiger partial charge in [-0.2, -0.15) is 0 Å². The number of benzene rings is 1. The lowest BCUT2D eigenvalue weighted by Crippen LogP contribution is -2.07. The van der Waals surface area contributed by atoms with Gasteiger partial charge in [0.1, 0.15) is 0 Å². The Bertz CT molecular complexity index is 314. The summed E-state index contributed by atoms with van der Waals surface area (Å²) in [6.45, 7) is 3.59. The highest BCUT2D eigenvalue weighted by Gasteiger charge is 2.10. The number of methoxy groups -OCH3 is 1. The van der Waals surface area contributed by atoms with E-state index >= 15 is 0 Å². The summed E-state index contributed by atoms with van der Waals surface area (Å²) in [5.74, 6) is 0.494. The molecule has 0 heterocycles. The van der Waals surface area contributed by atoms with Crippen molar-refractivity contribution in [3.8, 4) is 0 Å². The van der Waals surface area contributed by atoms with Gasteiger partial charge in [-0.3, -0.25) is 0 Å². The fraction of sp³-hybridized carbons (Fsp3) is 0.500. The lowest BCUT2D eigenvalue weighted by molar-refractivity contribution is 0.183. The first-order valence-corrected chi connectivity index (χ1v) is 5.95. The first-order chi connectivity index (χ1) is 7.19. The molecule has 2 nitrogen and oxygen atoms in total. The Labute approximate surface area is 99.9 Å². The first kappa shape index (κ1) is 12.7. The zero-order valence-electron chi connectivity index (χ0n) is 9.29. The fourth-order valence-corrected chi connectivity index (χ4v) is 2.15. The van der Waals surface area contributed by atoms with E-state index in [9.17, 15) is 0 Å². The van der Waals surface area contributed by atoms with E-state index < -0.39 is 0 Å². The summed E-state index contributed by atoms with van der Waals surface area (Å²) in [5, 5.41) is 0. The van der Waals surface area contributed by atoms with Crippen LogP contribution < -0.4 is 5.73 Å². The molecule has 84 valence electrons. The minimum Gasteiger partial charge on any atom is -0.380 e. The Morgan fingerprint density at radius 3 is 2.80 bits per heavy atom. The first-order valence-electron chi connectivity index (χ1n) is 5.16. The molecule has 0 aromatic heterocycles. The normalized spacial score (nSPS) is 12.8. The van der Waals surface area contributed by atoms with Crippen LogP contribution in [0, 0.1) is 0 Å². The highest BCUT2D eigenvalue weighted by molar-refractivity contribution is 9.10. The van der Waals surface area contributed by atoms with E-state index in [4.69, 9.17) is 10.5 Å². The Morgan fingerprint density at radius 2 is 2.20 bits per heavy atom. The predicted molar refractivity (Wildman–Crippen MR) is 66.9 cm³/mol. The molecule has 2 N–H and O–H groups in total. The molecule has 15 heavy (non-hydrogen) atoms. The standard InChI is InChI=1S/C12H18BrNO/c1-9(5-6-14)12-4-3-11(13)7-10(12)8-15-2/h3-4,7,9H,5-6,8,14H2,1-2H3. The van der Waals surface area contributed by atoms with Crippen molar-refractivity contribution in [2.75, 3.05) is 13.7 Å². The van der Waals surface area contributed by atoms with Gasteiger partial charge in [-0.25, -0.2) is 0 Å². The van der Waals surface area contributed by atoms with E-state index in [0.29, 0.717) is 12.5 Å². The molecule has 0 saturated carbocycles. The lowest BCUT2D eigenvalue weighted by Gasteiger charge is -2.15. The quantitative estimate of drug-likeness (QED) is 0.894. The van der Waals surface area contributed by atoms with Crippen molar-refractivity contribution < 1.29 is 4.74 Å². The molecule has 0 fully saturated rings. The summed E-state index contributed by atoms with van der Waals surface area (Å²) >= 11 is 3.47. The number of nitrogens with two attached hydrogens (primary N) is 1. The molecule has 0 radical (unpaired) electrons. The van der Waals surface area contributed by atoms with Gasteiger partial charge in [0.2, 0.25) is 0 Å². The van der Waals surface area contributed by atoms with Crippen LogP contribution in [0.4, 0.5) is 0 Å². The summed E-state index contributed by atoms with van der Waals surface area (Å²) in [4.78, 5) is 0. The van der Waals surface area contributed by atoms with E-state index in [1.54, 1.807) is 7.11 Å². The molecule has 1 aromatic carbocycles. The van der Waals surface area contributed by atoms with Crippen molar-refractivity contribution in [2.45, 2.75) is 25.9 Å². The number of rotatable bonds is 5. The summed E-state index contributed by atoms with van der Waals surface area (Å²) in [7, 11) is 1.72. The van der Waals surface area contributed by atoms with E-state index in [0.717, 1.165) is 17.4 Å². The van der Waals surface area contributed by atoms with Gasteiger partial charge in [-0.15, -0.1) is 0 Å². The molecule has 0 bridgehead atoms. The predicted octanol–water partition coefficient (Wildman–Crippen LogP) is 3.05. The third kappa shape index (κ3) is 3.59. The number of hydrogen-bond acceptors (Lipinski definition) is 2. The Balaban J connectivity index is 2.93. The highest BCUT2D eigenvalue weighted by Crippen LogP contribution is 2.26. The molecule has 0 spiro atoms. The second-order valence-electron chi connectivity index (χ2n) is 3.75. The monoisotopic (exact) mass is 271 g/mol. The van der Waals surface area contributed by atoms with Crippen molar-refractivity contribution in [1.82, 2.24) is 0 Å². The zero-order valence-corrected chi connectivity index (χ0v) is 10.9. The maximum Gasteiger partial charge on any atom is 0.0716 e. The topological polar surface area (TPSA) is 35.2 Å². The second kappa shape index (κ2) is 6.26. The Morgan fingerprint density at radius 1 is 1.47 bits per heavy atom. The van der Waals surface area contributed by atoms with Crippen molar-refractivity contribution >= 4 is 15.9 Å². The van der Waals surface area contributed by atoms with Gasteiger partial charge in [0.15, 0.2) is 0 Å². The van der Waals surface area contributed by atoms with Crippen LogP contribution in [0.1, 0.15) is 30.4 Å². The van der Waals surface area contributed by atoms with Gasteiger partial charge < -0.3 is 10.5 Å². The number of ether oxygens (including phenoxy) is 1. The SMILES string of the molecule is COCc1cc(Br)ccc1C(C)CCN. The average molecular weight is 272 g/mol. The maximum absolute atomic E-state index is 5.58. The largest absolute Gasteiger partial charge is 0.380 e. The minimum atomic E-state index is 0.494. The fourth-order valence-electron chi connectivity index (χ4n) is 1.74. The molecule has 1 aromatic rings. The van der Waals surface area contributed by atoms with Crippen molar-refractivity contribution in [3.63, 3.8) is 0 Å². The molecule has 1 atom stereocenters. The minimum absolute atomic E-state index is 0.494. The van der Waals surface area contributed by atoms with Crippen LogP contribution in [-0.2, 0) is 11.3 Å². The molecule has 3 heteroatoms. The number of halogens is 1. The molecule has 1 unspecified atom stereocenters. The van der Waals surface area contributed by atoms with Gasteiger partial charge in [0.05, 0.1) is 6.61 Å². The Hall–Kier alpha value is -0.380. The van der Waals surface area contributed by atoms with E-state index in [1.165, 1.54) is 11.1 Å². The lowest BCUT2D eigenvalue weighted by atomic mass is 9.93. The van der Waals surface area contributed by atoms with Gasteiger partial charge in [-0.1, -0.05) is 28.9 Å².